The molecular weight excluding hydrogens is 246 g/mol. The molecule has 0 fully saturated rings. The second kappa shape index (κ2) is 18.2. The minimum Gasteiger partial charge on any atom is -0.317 e. The van der Waals surface area contributed by atoms with Gasteiger partial charge in [-0.3, -0.25) is 0 Å². The van der Waals surface area contributed by atoms with Gasteiger partial charge in [0.25, 0.3) is 0 Å². The first-order valence-electron chi connectivity index (χ1n) is 9.12. The first-order chi connectivity index (χ1) is 9.41. The Hall–Kier alpha value is 0.177. The topological polar surface area (TPSA) is 12.0 Å². The van der Waals surface area contributed by atoms with E-state index < -0.39 is 0 Å². The van der Waals surface area contributed by atoms with Crippen LogP contribution in [0.25, 0.3) is 0 Å². The smallest absolute Gasteiger partial charge is 0.00286 e. The van der Waals surface area contributed by atoms with Crippen LogP contribution >= 0.6 is 0 Å². The second-order valence-electron chi connectivity index (χ2n) is 5.99. The monoisotopic (exact) mass is 285 g/mol. The summed E-state index contributed by atoms with van der Waals surface area (Å²) < 4.78 is 0. The quantitative estimate of drug-likeness (QED) is 0.326. The molecule has 0 unspecified atom stereocenters. The SMILES string of the molecule is CCCCCCCCCCCCCCNCCC[SiH3]. The summed E-state index contributed by atoms with van der Waals surface area (Å²) in [5.74, 6) is 0. The maximum absolute atomic E-state index is 3.54. The van der Waals surface area contributed by atoms with Crippen molar-refractivity contribution in [3.8, 4) is 0 Å². The van der Waals surface area contributed by atoms with Crippen LogP contribution in [0.3, 0.4) is 0 Å². The van der Waals surface area contributed by atoms with Crippen molar-refractivity contribution in [3.05, 3.63) is 0 Å². The summed E-state index contributed by atoms with van der Waals surface area (Å²) in [6, 6.07) is 1.45. The van der Waals surface area contributed by atoms with Crippen molar-refractivity contribution in [1.29, 1.82) is 0 Å². The van der Waals surface area contributed by atoms with E-state index in [0.717, 1.165) is 0 Å². The van der Waals surface area contributed by atoms with Crippen LogP contribution < -0.4 is 5.32 Å². The molecule has 0 aliphatic carbocycles. The Kier molecular flexibility index (Phi) is 18.3. The van der Waals surface area contributed by atoms with Gasteiger partial charge in [-0.15, -0.1) is 0 Å². The first-order valence-corrected chi connectivity index (χ1v) is 10.5. The molecule has 0 radical (unpaired) electrons. The average Bonchev–Trinajstić information content (AvgIpc) is 2.43. The van der Waals surface area contributed by atoms with Gasteiger partial charge in [0, 0.05) is 10.2 Å². The van der Waals surface area contributed by atoms with Gasteiger partial charge in [-0.1, -0.05) is 83.6 Å². The first kappa shape index (κ1) is 19.2. The molecule has 0 aromatic rings. The lowest BCUT2D eigenvalue weighted by atomic mass is 10.1. The van der Waals surface area contributed by atoms with E-state index in [0.29, 0.717) is 0 Å². The summed E-state index contributed by atoms with van der Waals surface area (Å²) in [4.78, 5) is 0. The fourth-order valence-corrected chi connectivity index (χ4v) is 2.87. The van der Waals surface area contributed by atoms with Crippen LogP contribution in [0.15, 0.2) is 0 Å². The van der Waals surface area contributed by atoms with Crippen molar-refractivity contribution in [2.24, 2.45) is 0 Å². The standard InChI is InChI=1S/C17H39NSi/c1-2-3-4-5-6-7-8-9-10-11-12-13-15-18-16-14-17-19/h18H,2-17H2,1,19H3. The Morgan fingerprint density at radius 3 is 1.47 bits per heavy atom. The van der Waals surface area contributed by atoms with Crippen LogP contribution in [-0.4, -0.2) is 23.3 Å². The van der Waals surface area contributed by atoms with E-state index in [1.165, 1.54) is 113 Å². The number of hydrogen-bond donors (Lipinski definition) is 1. The third-order valence-corrected chi connectivity index (χ3v) is 4.62. The molecule has 116 valence electrons. The van der Waals surface area contributed by atoms with Crippen LogP contribution in [0.5, 0.6) is 0 Å². The minimum absolute atomic E-state index is 1.25. The van der Waals surface area contributed by atoms with Gasteiger partial charge in [-0.25, -0.2) is 0 Å². The maximum Gasteiger partial charge on any atom is 0.00286 e. The highest BCUT2D eigenvalue weighted by molar-refractivity contribution is 6.08. The lowest BCUT2D eigenvalue weighted by Crippen LogP contribution is -2.16. The van der Waals surface area contributed by atoms with Gasteiger partial charge in [-0.2, -0.15) is 0 Å². The number of hydrogen-bond acceptors (Lipinski definition) is 1. The predicted molar refractivity (Wildman–Crippen MR) is 93.3 cm³/mol. The molecule has 0 bridgehead atoms. The zero-order chi connectivity index (χ0) is 14.0. The molecule has 0 saturated carbocycles. The summed E-state index contributed by atoms with van der Waals surface area (Å²) in [5, 5.41) is 3.54. The fraction of sp³-hybridized carbons (Fsp3) is 1.00. The molecule has 0 aliphatic rings. The van der Waals surface area contributed by atoms with E-state index in [1.54, 1.807) is 0 Å². The molecule has 0 saturated heterocycles. The summed E-state index contributed by atoms with van der Waals surface area (Å²) >= 11 is 0. The van der Waals surface area contributed by atoms with Crippen molar-refractivity contribution in [1.82, 2.24) is 5.32 Å². The third kappa shape index (κ3) is 18.2. The van der Waals surface area contributed by atoms with Gasteiger partial charge in [0.2, 0.25) is 0 Å². The van der Waals surface area contributed by atoms with Crippen LogP contribution in [0.4, 0.5) is 0 Å². The molecule has 19 heavy (non-hydrogen) atoms. The van der Waals surface area contributed by atoms with Gasteiger partial charge in [-0.05, 0) is 25.9 Å². The molecule has 0 spiro atoms. The molecule has 0 aromatic heterocycles. The Labute approximate surface area is 125 Å². The third-order valence-electron chi connectivity index (χ3n) is 3.91. The van der Waals surface area contributed by atoms with E-state index >= 15 is 0 Å². The molecule has 0 aromatic carbocycles. The zero-order valence-electron chi connectivity index (χ0n) is 13.8. The summed E-state index contributed by atoms with van der Waals surface area (Å²) in [6.45, 7) is 4.79. The van der Waals surface area contributed by atoms with Crippen molar-refractivity contribution in [3.63, 3.8) is 0 Å². The van der Waals surface area contributed by atoms with E-state index in [1.807, 2.05) is 0 Å². The lowest BCUT2D eigenvalue weighted by molar-refractivity contribution is 0.535. The molecular formula is C17H39NSi. The predicted octanol–water partition coefficient (Wildman–Crippen LogP) is 4.45. The molecule has 0 aliphatic heterocycles. The van der Waals surface area contributed by atoms with Gasteiger partial charge in [0.05, 0.1) is 0 Å². The van der Waals surface area contributed by atoms with Gasteiger partial charge in [0.1, 0.15) is 0 Å². The molecule has 0 rings (SSSR count). The van der Waals surface area contributed by atoms with Crippen LogP contribution in [-0.2, 0) is 0 Å². The molecule has 0 atom stereocenters. The molecule has 2 heteroatoms. The van der Waals surface area contributed by atoms with Crippen molar-refractivity contribution < 1.29 is 0 Å². The highest BCUT2D eigenvalue weighted by Crippen LogP contribution is 2.11. The summed E-state index contributed by atoms with van der Waals surface area (Å²) in [5.41, 5.74) is 0. The van der Waals surface area contributed by atoms with Gasteiger partial charge < -0.3 is 5.32 Å². The maximum atomic E-state index is 3.54. The average molecular weight is 286 g/mol. The Morgan fingerprint density at radius 2 is 1.00 bits per heavy atom. The molecule has 1 nitrogen and oxygen atoms in total. The van der Waals surface area contributed by atoms with Gasteiger partial charge in [0.15, 0.2) is 0 Å². The van der Waals surface area contributed by atoms with Crippen molar-refractivity contribution in [2.75, 3.05) is 13.1 Å². The van der Waals surface area contributed by atoms with Crippen LogP contribution in [0.2, 0.25) is 6.04 Å². The van der Waals surface area contributed by atoms with E-state index in [2.05, 4.69) is 12.2 Å². The van der Waals surface area contributed by atoms with E-state index in [4.69, 9.17) is 0 Å². The highest BCUT2D eigenvalue weighted by Gasteiger charge is 1.93. The Bertz CT molecular complexity index is 134. The summed E-state index contributed by atoms with van der Waals surface area (Å²) in [7, 11) is 1.37. The largest absolute Gasteiger partial charge is 0.317 e. The number of unbranched alkanes of at least 4 members (excludes halogenated alkanes) is 11. The van der Waals surface area contributed by atoms with E-state index in [9.17, 15) is 0 Å². The summed E-state index contributed by atoms with van der Waals surface area (Å²) in [6.07, 6.45) is 18.8. The van der Waals surface area contributed by atoms with E-state index in [-0.39, 0.29) is 0 Å². The number of rotatable bonds is 16. The number of nitrogens with one attached hydrogen (secondary N) is 1. The Balaban J connectivity index is 2.88. The normalized spacial score (nSPS) is 11.2. The van der Waals surface area contributed by atoms with Crippen molar-refractivity contribution in [2.45, 2.75) is 96.4 Å². The molecule has 1 N–H and O–H groups in total. The fourth-order valence-electron chi connectivity index (χ4n) is 2.52. The van der Waals surface area contributed by atoms with Crippen LogP contribution in [0, 0.1) is 0 Å². The van der Waals surface area contributed by atoms with Crippen molar-refractivity contribution >= 4 is 10.2 Å². The molecule has 0 heterocycles. The zero-order valence-corrected chi connectivity index (χ0v) is 15.8. The minimum atomic E-state index is 1.25. The lowest BCUT2D eigenvalue weighted by Gasteiger charge is -2.04. The second-order valence-corrected chi connectivity index (χ2v) is 6.99. The van der Waals surface area contributed by atoms with Crippen LogP contribution in [0.1, 0.15) is 90.4 Å². The Morgan fingerprint density at radius 1 is 0.579 bits per heavy atom. The highest BCUT2D eigenvalue weighted by atomic mass is 28.1. The van der Waals surface area contributed by atoms with Gasteiger partial charge >= 0.3 is 0 Å². The molecule has 0 amide bonds.